The number of fused-ring (bicyclic) bond motifs is 1. The molecule has 0 bridgehead atoms. The lowest BCUT2D eigenvalue weighted by Crippen LogP contribution is -2.56. The number of aromatic amines is 1. The first-order chi connectivity index (χ1) is 15.3. The summed E-state index contributed by atoms with van der Waals surface area (Å²) >= 11 is 0. The van der Waals surface area contributed by atoms with E-state index in [1.165, 1.54) is 0 Å². The van der Waals surface area contributed by atoms with E-state index in [9.17, 15) is 19.5 Å². The Hall–Kier alpha value is -2.91. The minimum atomic E-state index is -1.11. The minimum absolute atomic E-state index is 0.198. The fraction of sp³-hybridized carbons (Fsp3) is 0.522. The van der Waals surface area contributed by atoms with E-state index in [2.05, 4.69) is 15.6 Å². The van der Waals surface area contributed by atoms with E-state index < -0.39 is 35.9 Å². The van der Waals surface area contributed by atoms with Crippen molar-refractivity contribution in [3.8, 4) is 0 Å². The summed E-state index contributed by atoms with van der Waals surface area (Å²) in [6, 6.07) is 4.85. The zero-order valence-electron chi connectivity index (χ0n) is 18.8. The number of carbonyl (C=O) groups excluding carboxylic acids is 2. The van der Waals surface area contributed by atoms with Crippen LogP contribution in [0.4, 0.5) is 0 Å². The highest BCUT2D eigenvalue weighted by atomic mass is 16.4. The van der Waals surface area contributed by atoms with Gasteiger partial charge >= 0.3 is 5.97 Å². The Morgan fingerprint density at radius 1 is 1.12 bits per heavy atom. The lowest BCUT2D eigenvalue weighted by Gasteiger charge is -2.25. The van der Waals surface area contributed by atoms with Crippen molar-refractivity contribution >= 4 is 28.7 Å². The first-order valence-corrected chi connectivity index (χ1v) is 11.1. The Kier molecular flexibility index (Phi) is 9.67. The van der Waals surface area contributed by atoms with Gasteiger partial charge in [-0.15, -0.1) is 0 Å². The van der Waals surface area contributed by atoms with E-state index >= 15 is 0 Å². The van der Waals surface area contributed by atoms with Gasteiger partial charge in [-0.05, 0) is 36.9 Å². The van der Waals surface area contributed by atoms with Crippen LogP contribution in [0, 0.1) is 5.92 Å². The van der Waals surface area contributed by atoms with Gasteiger partial charge in [0.05, 0.1) is 6.04 Å². The van der Waals surface area contributed by atoms with Crippen molar-refractivity contribution in [2.24, 2.45) is 17.4 Å². The molecule has 0 fully saturated rings. The van der Waals surface area contributed by atoms with Crippen molar-refractivity contribution in [3.63, 3.8) is 0 Å². The number of para-hydroxylation sites is 1. The first-order valence-electron chi connectivity index (χ1n) is 11.1. The minimum Gasteiger partial charge on any atom is -0.480 e. The molecule has 176 valence electrons. The van der Waals surface area contributed by atoms with Gasteiger partial charge in [-0.3, -0.25) is 9.59 Å². The number of rotatable bonds is 13. The van der Waals surface area contributed by atoms with E-state index in [4.69, 9.17) is 11.5 Å². The maximum atomic E-state index is 13.1. The molecule has 2 rings (SSSR count). The normalized spacial score (nSPS) is 15.0. The highest BCUT2D eigenvalue weighted by molar-refractivity contribution is 5.93. The Morgan fingerprint density at radius 2 is 1.84 bits per heavy atom. The number of benzene rings is 1. The first kappa shape index (κ1) is 25.4. The topological polar surface area (TPSA) is 163 Å². The van der Waals surface area contributed by atoms with Crippen molar-refractivity contribution < 1.29 is 19.5 Å². The molecule has 0 spiro atoms. The standard InChI is InChI=1S/C23H35N5O4/c1-3-14(2)20(23(31)32)28-22(30)19(27-21(29)17(25)9-6-7-11-24)12-15-13-26-18-10-5-4-8-16(15)18/h4-5,8,10,13-14,17,19-20,26H,3,6-7,9,11-12,24-25H2,1-2H3,(H,27,29)(H,28,30)(H,31,32)/t14-,17-,19-,20-/m0/s1. The second-order valence-electron chi connectivity index (χ2n) is 8.23. The molecule has 0 radical (unpaired) electrons. The predicted molar refractivity (Wildman–Crippen MR) is 124 cm³/mol. The molecule has 0 aliphatic heterocycles. The summed E-state index contributed by atoms with van der Waals surface area (Å²) in [4.78, 5) is 40.6. The van der Waals surface area contributed by atoms with Crippen molar-refractivity contribution in [2.75, 3.05) is 6.54 Å². The number of hydrogen-bond donors (Lipinski definition) is 6. The molecule has 1 aromatic heterocycles. The second-order valence-corrected chi connectivity index (χ2v) is 8.23. The number of nitrogens with two attached hydrogens (primary N) is 2. The average molecular weight is 446 g/mol. The average Bonchev–Trinajstić information content (AvgIpc) is 3.19. The highest BCUT2D eigenvalue weighted by Gasteiger charge is 2.31. The van der Waals surface area contributed by atoms with Crippen LogP contribution in [-0.2, 0) is 20.8 Å². The molecule has 0 saturated heterocycles. The van der Waals surface area contributed by atoms with Gasteiger partial charge < -0.3 is 32.2 Å². The Morgan fingerprint density at radius 3 is 2.50 bits per heavy atom. The summed E-state index contributed by atoms with van der Waals surface area (Å²) in [5, 5.41) is 15.8. The molecule has 9 nitrogen and oxygen atoms in total. The van der Waals surface area contributed by atoms with Gasteiger partial charge in [-0.25, -0.2) is 4.79 Å². The maximum Gasteiger partial charge on any atom is 0.326 e. The van der Waals surface area contributed by atoms with Gasteiger partial charge in [0.2, 0.25) is 11.8 Å². The number of amides is 2. The fourth-order valence-corrected chi connectivity index (χ4v) is 3.59. The van der Waals surface area contributed by atoms with Crippen LogP contribution >= 0.6 is 0 Å². The van der Waals surface area contributed by atoms with E-state index in [0.29, 0.717) is 25.8 Å². The number of nitrogens with one attached hydrogen (secondary N) is 3. The van der Waals surface area contributed by atoms with Gasteiger partial charge in [-0.1, -0.05) is 44.9 Å². The summed E-state index contributed by atoms with van der Waals surface area (Å²) in [5.41, 5.74) is 13.3. The number of carboxylic acid groups (broad SMARTS) is 1. The quantitative estimate of drug-likeness (QED) is 0.254. The van der Waals surface area contributed by atoms with Crippen molar-refractivity contribution in [1.82, 2.24) is 15.6 Å². The number of unbranched alkanes of at least 4 members (excludes halogenated alkanes) is 1. The summed E-state index contributed by atoms with van der Waals surface area (Å²) in [6.45, 7) is 4.14. The van der Waals surface area contributed by atoms with Crippen LogP contribution in [0.3, 0.4) is 0 Å². The smallest absolute Gasteiger partial charge is 0.326 e. The van der Waals surface area contributed by atoms with Crippen molar-refractivity contribution in [3.05, 3.63) is 36.0 Å². The largest absolute Gasteiger partial charge is 0.480 e. The van der Waals surface area contributed by atoms with Crippen molar-refractivity contribution in [1.29, 1.82) is 0 Å². The summed E-state index contributed by atoms with van der Waals surface area (Å²) in [5.74, 6) is -2.37. The van der Waals surface area contributed by atoms with Crippen molar-refractivity contribution in [2.45, 2.75) is 64.1 Å². The van der Waals surface area contributed by atoms with Gasteiger partial charge in [0.25, 0.3) is 0 Å². The van der Waals surface area contributed by atoms with E-state index in [0.717, 1.165) is 22.9 Å². The molecule has 8 N–H and O–H groups in total. The van der Waals surface area contributed by atoms with Crippen LogP contribution in [0.15, 0.2) is 30.5 Å². The molecule has 1 heterocycles. The zero-order chi connectivity index (χ0) is 23.7. The van der Waals surface area contributed by atoms with Gasteiger partial charge in [-0.2, -0.15) is 0 Å². The highest BCUT2D eigenvalue weighted by Crippen LogP contribution is 2.19. The molecule has 32 heavy (non-hydrogen) atoms. The van der Waals surface area contributed by atoms with Gasteiger partial charge in [0.1, 0.15) is 12.1 Å². The summed E-state index contributed by atoms with van der Waals surface area (Å²) in [7, 11) is 0. The molecule has 0 unspecified atom stereocenters. The predicted octanol–water partition coefficient (Wildman–Crippen LogP) is 1.27. The molecule has 4 atom stereocenters. The number of carboxylic acids is 1. The lowest BCUT2D eigenvalue weighted by molar-refractivity contribution is -0.143. The Bertz CT molecular complexity index is 913. The van der Waals surface area contributed by atoms with Gasteiger partial charge in [0, 0.05) is 23.5 Å². The number of H-pyrrole nitrogens is 1. The van der Waals surface area contributed by atoms with Gasteiger partial charge in [0.15, 0.2) is 0 Å². The SMILES string of the molecule is CC[C@H](C)[C@H](NC(=O)[C@H](Cc1c[nH]c2ccccc12)NC(=O)[C@@H](N)CCCCN)C(=O)O. The van der Waals surface area contributed by atoms with E-state index in [-0.39, 0.29) is 12.3 Å². The number of hydrogen-bond acceptors (Lipinski definition) is 5. The molecule has 1 aromatic carbocycles. The molecule has 0 aliphatic carbocycles. The van der Waals surface area contributed by atoms with E-state index in [1.54, 1.807) is 13.1 Å². The fourth-order valence-electron chi connectivity index (χ4n) is 3.59. The monoisotopic (exact) mass is 445 g/mol. The van der Waals surface area contributed by atoms with Crippen LogP contribution < -0.4 is 22.1 Å². The van der Waals surface area contributed by atoms with Crippen LogP contribution in [0.2, 0.25) is 0 Å². The van der Waals surface area contributed by atoms with Crippen LogP contribution in [0.5, 0.6) is 0 Å². The third-order valence-corrected chi connectivity index (χ3v) is 5.81. The van der Waals surface area contributed by atoms with Crippen LogP contribution in [0.25, 0.3) is 10.9 Å². The third kappa shape index (κ3) is 6.80. The molecule has 0 saturated carbocycles. The maximum absolute atomic E-state index is 13.1. The van der Waals surface area contributed by atoms with Crippen LogP contribution in [-0.4, -0.2) is 52.5 Å². The molecule has 9 heteroatoms. The number of aromatic nitrogens is 1. The molecular weight excluding hydrogens is 410 g/mol. The lowest BCUT2D eigenvalue weighted by atomic mass is 9.98. The molecule has 2 aromatic rings. The molecular formula is C23H35N5O4. The molecule has 0 aliphatic rings. The number of carbonyl (C=O) groups is 3. The summed E-state index contributed by atoms with van der Waals surface area (Å²) in [6.07, 6.45) is 4.50. The zero-order valence-corrected chi connectivity index (χ0v) is 18.8. The summed E-state index contributed by atoms with van der Waals surface area (Å²) < 4.78 is 0. The van der Waals surface area contributed by atoms with Crippen LogP contribution in [0.1, 0.15) is 45.1 Å². The van der Waals surface area contributed by atoms with E-state index in [1.807, 2.05) is 31.2 Å². The Balaban J connectivity index is 2.22. The third-order valence-electron chi connectivity index (χ3n) is 5.81. The molecule has 2 amide bonds. The number of aliphatic carboxylic acids is 1. The second kappa shape index (κ2) is 12.2. The Labute approximate surface area is 188 Å².